The van der Waals surface area contributed by atoms with Gasteiger partial charge < -0.3 is 10.6 Å². The quantitative estimate of drug-likeness (QED) is 0.893. The molecule has 0 aliphatic rings. The number of carbonyl (C=O) groups excluding carboxylic acids is 1. The Morgan fingerprint density at radius 2 is 1.90 bits per heavy atom. The van der Waals surface area contributed by atoms with Crippen molar-refractivity contribution in [3.8, 4) is 10.4 Å². The second-order valence-corrected chi connectivity index (χ2v) is 5.98. The maximum absolute atomic E-state index is 11.9. The lowest BCUT2D eigenvalue weighted by molar-refractivity contribution is -0.123. The van der Waals surface area contributed by atoms with Crippen molar-refractivity contribution in [2.24, 2.45) is 0 Å². The summed E-state index contributed by atoms with van der Waals surface area (Å²) in [4.78, 5) is 17.3. The van der Waals surface area contributed by atoms with Gasteiger partial charge in [0.1, 0.15) is 0 Å². The number of aryl methyl sites for hydroxylation is 1. The molecule has 0 fully saturated rings. The number of carbonyl (C=O) groups is 1. The molecule has 1 aromatic heterocycles. The minimum absolute atomic E-state index is 0.00683. The lowest BCUT2D eigenvalue weighted by Crippen LogP contribution is -2.41. The van der Waals surface area contributed by atoms with Gasteiger partial charge in [0, 0.05) is 0 Å². The van der Waals surface area contributed by atoms with Gasteiger partial charge in [-0.05, 0) is 38.9 Å². The first-order valence-corrected chi connectivity index (χ1v) is 7.89. The summed E-state index contributed by atoms with van der Waals surface area (Å²) in [5, 5.41) is 5.94. The van der Waals surface area contributed by atoms with Gasteiger partial charge in [0.2, 0.25) is 5.91 Å². The number of rotatable bonds is 5. The van der Waals surface area contributed by atoms with Crippen LogP contribution in [0.25, 0.3) is 10.4 Å². The second kappa shape index (κ2) is 6.83. The van der Waals surface area contributed by atoms with Crippen LogP contribution in [0.3, 0.4) is 0 Å². The third-order valence-electron chi connectivity index (χ3n) is 3.60. The molecule has 0 spiro atoms. The van der Waals surface area contributed by atoms with Gasteiger partial charge in [-0.2, -0.15) is 0 Å². The highest BCUT2D eigenvalue weighted by molar-refractivity contribution is 7.13. The molecule has 0 saturated carbocycles. The molecule has 1 amide bonds. The Kier molecular flexibility index (Phi) is 5.09. The number of hydrogen-bond donors (Lipinski definition) is 2. The fraction of sp³-hybridized carbons (Fsp3) is 0.375. The molecule has 0 aliphatic heterocycles. The Hall–Kier alpha value is -1.72. The minimum atomic E-state index is -0.188. The Bertz CT molecular complexity index is 606. The molecule has 0 bridgehead atoms. The van der Waals surface area contributed by atoms with E-state index in [1.54, 1.807) is 18.4 Å². The van der Waals surface area contributed by atoms with E-state index in [-0.39, 0.29) is 18.0 Å². The number of nitrogens with one attached hydrogen (secondary N) is 2. The van der Waals surface area contributed by atoms with Crippen LogP contribution in [0, 0.1) is 6.92 Å². The second-order valence-electron chi connectivity index (χ2n) is 5.13. The molecule has 1 heterocycles. The van der Waals surface area contributed by atoms with Gasteiger partial charge >= 0.3 is 0 Å². The molecule has 2 N–H and O–H groups in total. The zero-order valence-electron chi connectivity index (χ0n) is 12.8. The van der Waals surface area contributed by atoms with Crippen LogP contribution >= 0.6 is 11.3 Å². The van der Waals surface area contributed by atoms with Gasteiger partial charge in [-0.15, -0.1) is 11.3 Å². The Morgan fingerprint density at radius 1 is 1.24 bits per heavy atom. The maximum Gasteiger partial charge on any atom is 0.237 e. The lowest BCUT2D eigenvalue weighted by Gasteiger charge is -2.17. The van der Waals surface area contributed by atoms with Crippen LogP contribution in [0.15, 0.2) is 29.8 Å². The molecule has 1 aromatic carbocycles. The zero-order chi connectivity index (χ0) is 15.4. The summed E-state index contributed by atoms with van der Waals surface area (Å²) in [5.41, 5.74) is 5.18. The first kappa shape index (κ1) is 15.7. The fourth-order valence-corrected chi connectivity index (χ4v) is 2.87. The molecule has 2 aromatic rings. The molecule has 2 unspecified atom stereocenters. The summed E-state index contributed by atoms with van der Waals surface area (Å²) >= 11 is 1.65. The zero-order valence-corrected chi connectivity index (χ0v) is 13.6. The minimum Gasteiger partial charge on any atom is -0.348 e. The van der Waals surface area contributed by atoms with Crippen molar-refractivity contribution in [2.75, 3.05) is 7.05 Å². The summed E-state index contributed by atoms with van der Waals surface area (Å²) in [6, 6.07) is 8.09. The molecule has 2 rings (SSSR count). The van der Waals surface area contributed by atoms with Crippen LogP contribution in [-0.2, 0) is 4.79 Å². The fourth-order valence-electron chi connectivity index (χ4n) is 2.05. The van der Waals surface area contributed by atoms with E-state index in [1.807, 2.05) is 26.3 Å². The molecule has 0 radical (unpaired) electrons. The predicted molar refractivity (Wildman–Crippen MR) is 87.4 cm³/mol. The topological polar surface area (TPSA) is 54.0 Å². The van der Waals surface area contributed by atoms with E-state index in [0.717, 1.165) is 11.3 Å². The average Bonchev–Trinajstić information content (AvgIpc) is 2.92. The third-order valence-corrected chi connectivity index (χ3v) is 4.58. The summed E-state index contributed by atoms with van der Waals surface area (Å²) in [5.74, 6) is 0.00683. The summed E-state index contributed by atoms with van der Waals surface area (Å²) < 4.78 is 0. The SMILES string of the molecule is CNC(C)C(=O)NC(C)c1ccc(-c2scnc2C)cc1. The van der Waals surface area contributed by atoms with Crippen molar-refractivity contribution in [3.63, 3.8) is 0 Å². The van der Waals surface area contributed by atoms with Crippen LogP contribution in [-0.4, -0.2) is 24.0 Å². The maximum atomic E-state index is 11.9. The number of amides is 1. The summed E-state index contributed by atoms with van der Waals surface area (Å²) in [6.07, 6.45) is 0. The smallest absolute Gasteiger partial charge is 0.237 e. The number of nitrogens with zero attached hydrogens (tertiary/aromatic N) is 1. The highest BCUT2D eigenvalue weighted by atomic mass is 32.1. The number of benzene rings is 1. The van der Waals surface area contributed by atoms with Crippen LogP contribution < -0.4 is 10.6 Å². The predicted octanol–water partition coefficient (Wildman–Crippen LogP) is 2.90. The molecule has 21 heavy (non-hydrogen) atoms. The van der Waals surface area contributed by atoms with E-state index >= 15 is 0 Å². The van der Waals surface area contributed by atoms with Crippen molar-refractivity contribution in [1.82, 2.24) is 15.6 Å². The van der Waals surface area contributed by atoms with Gasteiger partial charge in [-0.25, -0.2) is 4.98 Å². The standard InChI is InChI=1S/C16H21N3OS/c1-10(19-16(20)12(3)17-4)13-5-7-14(8-6-13)15-11(2)18-9-21-15/h5-10,12,17H,1-4H3,(H,19,20). The Morgan fingerprint density at radius 3 is 2.43 bits per heavy atom. The van der Waals surface area contributed by atoms with Crippen LogP contribution in [0.4, 0.5) is 0 Å². The number of hydrogen-bond acceptors (Lipinski definition) is 4. The largest absolute Gasteiger partial charge is 0.348 e. The highest BCUT2D eigenvalue weighted by Crippen LogP contribution is 2.28. The van der Waals surface area contributed by atoms with E-state index in [0.29, 0.717) is 0 Å². The summed E-state index contributed by atoms with van der Waals surface area (Å²) in [7, 11) is 1.78. The summed E-state index contributed by atoms with van der Waals surface area (Å²) in [6.45, 7) is 5.85. The third kappa shape index (κ3) is 3.68. The van der Waals surface area contributed by atoms with Crippen molar-refractivity contribution >= 4 is 17.2 Å². The number of aromatic nitrogens is 1. The van der Waals surface area contributed by atoms with Crippen LogP contribution in [0.1, 0.15) is 31.1 Å². The van der Waals surface area contributed by atoms with Crippen LogP contribution in [0.2, 0.25) is 0 Å². The number of thiazole rings is 1. The molecular formula is C16H21N3OS. The van der Waals surface area contributed by atoms with Crippen molar-refractivity contribution < 1.29 is 4.79 Å². The first-order chi connectivity index (χ1) is 10.0. The molecule has 112 valence electrons. The molecule has 4 nitrogen and oxygen atoms in total. The van der Waals surface area contributed by atoms with Gasteiger partial charge in [0.15, 0.2) is 0 Å². The lowest BCUT2D eigenvalue weighted by atomic mass is 10.0. The molecular weight excluding hydrogens is 282 g/mol. The van der Waals surface area contributed by atoms with E-state index in [4.69, 9.17) is 0 Å². The molecule has 0 saturated heterocycles. The Balaban J connectivity index is 2.08. The van der Waals surface area contributed by atoms with E-state index in [1.165, 1.54) is 10.4 Å². The van der Waals surface area contributed by atoms with Crippen molar-refractivity contribution in [2.45, 2.75) is 32.9 Å². The van der Waals surface area contributed by atoms with E-state index < -0.39 is 0 Å². The van der Waals surface area contributed by atoms with Gasteiger partial charge in [0.05, 0.1) is 28.2 Å². The van der Waals surface area contributed by atoms with Crippen molar-refractivity contribution in [1.29, 1.82) is 0 Å². The normalized spacial score (nSPS) is 13.7. The molecule has 2 atom stereocenters. The van der Waals surface area contributed by atoms with E-state index in [2.05, 4.69) is 39.9 Å². The van der Waals surface area contributed by atoms with Crippen LogP contribution in [0.5, 0.6) is 0 Å². The van der Waals surface area contributed by atoms with Gasteiger partial charge in [0.25, 0.3) is 0 Å². The molecule has 5 heteroatoms. The first-order valence-electron chi connectivity index (χ1n) is 7.01. The van der Waals surface area contributed by atoms with Gasteiger partial charge in [-0.3, -0.25) is 4.79 Å². The highest BCUT2D eigenvalue weighted by Gasteiger charge is 2.14. The van der Waals surface area contributed by atoms with E-state index in [9.17, 15) is 4.79 Å². The molecule has 0 aliphatic carbocycles. The van der Waals surface area contributed by atoms with Crippen molar-refractivity contribution in [3.05, 3.63) is 41.0 Å². The van der Waals surface area contributed by atoms with Gasteiger partial charge in [-0.1, -0.05) is 24.3 Å². The monoisotopic (exact) mass is 303 g/mol. The Labute approximate surface area is 129 Å². The average molecular weight is 303 g/mol. The number of likely N-dealkylation sites (N-methyl/N-ethyl adjacent to an activating group) is 1.